The minimum Gasteiger partial charge on any atom is -0.493 e. The zero-order chi connectivity index (χ0) is 14.4. The Morgan fingerprint density at radius 1 is 1.19 bits per heavy atom. The van der Waals surface area contributed by atoms with Crippen molar-refractivity contribution in [1.82, 2.24) is 0 Å². The fourth-order valence-corrected chi connectivity index (χ4v) is 2.94. The maximum atomic E-state index is 12.1. The maximum absolute atomic E-state index is 12.1. The van der Waals surface area contributed by atoms with Crippen molar-refractivity contribution < 1.29 is 9.53 Å². The monoisotopic (exact) mass is 297 g/mol. The van der Waals surface area contributed by atoms with E-state index in [1.807, 2.05) is 30.3 Å². The minimum absolute atomic E-state index is 0.0935. The lowest BCUT2D eigenvalue weighted by Gasteiger charge is -2.02. The molecule has 0 saturated heterocycles. The highest BCUT2D eigenvalue weighted by molar-refractivity contribution is 6.36. The summed E-state index contributed by atoms with van der Waals surface area (Å²) < 4.78 is 5.50. The number of amides is 1. The molecule has 0 radical (unpaired) electrons. The minimum atomic E-state index is -0.0935. The number of nitrogens with one attached hydrogen (secondary N) is 1. The van der Waals surface area contributed by atoms with Crippen LogP contribution >= 0.6 is 11.6 Å². The smallest absolute Gasteiger partial charge is 0.256 e. The number of benzene rings is 2. The summed E-state index contributed by atoms with van der Waals surface area (Å²) in [4.78, 5) is 12.1. The maximum Gasteiger partial charge on any atom is 0.256 e. The van der Waals surface area contributed by atoms with Crippen molar-refractivity contribution in [3.63, 3.8) is 0 Å². The van der Waals surface area contributed by atoms with Crippen molar-refractivity contribution in [3.05, 3.63) is 58.1 Å². The van der Waals surface area contributed by atoms with E-state index < -0.39 is 0 Å². The van der Waals surface area contributed by atoms with Crippen molar-refractivity contribution in [3.8, 4) is 5.75 Å². The van der Waals surface area contributed by atoms with E-state index in [1.165, 1.54) is 5.56 Å². The van der Waals surface area contributed by atoms with Crippen LogP contribution in [0.4, 0.5) is 5.69 Å². The molecule has 4 heteroatoms. The average Bonchev–Trinajstić information content (AvgIpc) is 3.04. The quantitative estimate of drug-likeness (QED) is 0.814. The Morgan fingerprint density at radius 2 is 2.10 bits per heavy atom. The largest absolute Gasteiger partial charge is 0.493 e. The Kier molecular flexibility index (Phi) is 2.76. The molecule has 0 spiro atoms. The molecule has 4 rings (SSSR count). The van der Waals surface area contributed by atoms with Gasteiger partial charge in [-0.2, -0.15) is 0 Å². The predicted octanol–water partition coefficient (Wildman–Crippen LogP) is 3.77. The fraction of sp³-hybridized carbons (Fsp3) is 0.118. The molecule has 2 heterocycles. The van der Waals surface area contributed by atoms with Gasteiger partial charge in [0, 0.05) is 28.3 Å². The first-order valence-corrected chi connectivity index (χ1v) is 7.17. The van der Waals surface area contributed by atoms with Crippen LogP contribution in [0.5, 0.6) is 5.75 Å². The highest BCUT2D eigenvalue weighted by Crippen LogP contribution is 2.35. The molecule has 0 bridgehead atoms. The van der Waals surface area contributed by atoms with Crippen molar-refractivity contribution in [2.75, 3.05) is 11.9 Å². The zero-order valence-corrected chi connectivity index (χ0v) is 11.9. The molecule has 2 aliphatic rings. The molecule has 0 fully saturated rings. The number of fused-ring (bicyclic) bond motifs is 2. The van der Waals surface area contributed by atoms with E-state index in [0.717, 1.165) is 35.6 Å². The third kappa shape index (κ3) is 2.10. The molecular formula is C17H12ClNO2. The molecule has 104 valence electrons. The van der Waals surface area contributed by atoms with E-state index in [9.17, 15) is 4.79 Å². The molecule has 2 aromatic rings. The van der Waals surface area contributed by atoms with Crippen LogP contribution in [0.2, 0.25) is 5.02 Å². The van der Waals surface area contributed by atoms with Crippen molar-refractivity contribution in [2.45, 2.75) is 6.42 Å². The van der Waals surface area contributed by atoms with Gasteiger partial charge >= 0.3 is 0 Å². The van der Waals surface area contributed by atoms with Gasteiger partial charge in [-0.3, -0.25) is 4.79 Å². The molecule has 0 unspecified atom stereocenters. The Labute approximate surface area is 127 Å². The first kappa shape index (κ1) is 12.5. The summed E-state index contributed by atoms with van der Waals surface area (Å²) in [5, 5.41) is 3.48. The van der Waals surface area contributed by atoms with E-state index in [4.69, 9.17) is 16.3 Å². The second-order valence-electron chi connectivity index (χ2n) is 5.17. The number of rotatable bonds is 1. The van der Waals surface area contributed by atoms with E-state index in [1.54, 1.807) is 6.07 Å². The number of hydrogen-bond acceptors (Lipinski definition) is 2. The highest BCUT2D eigenvalue weighted by Gasteiger charge is 2.24. The van der Waals surface area contributed by atoms with Gasteiger partial charge in [-0.1, -0.05) is 17.7 Å². The highest BCUT2D eigenvalue weighted by atomic mass is 35.5. The van der Waals surface area contributed by atoms with Crippen molar-refractivity contribution in [1.29, 1.82) is 0 Å². The molecule has 21 heavy (non-hydrogen) atoms. The first-order valence-electron chi connectivity index (χ1n) is 6.79. The lowest BCUT2D eigenvalue weighted by atomic mass is 10.0. The van der Waals surface area contributed by atoms with Gasteiger partial charge in [0.05, 0.1) is 6.61 Å². The van der Waals surface area contributed by atoms with Gasteiger partial charge in [0.1, 0.15) is 5.75 Å². The molecule has 0 saturated carbocycles. The molecular weight excluding hydrogens is 286 g/mol. The second-order valence-corrected chi connectivity index (χ2v) is 5.60. The number of anilines is 1. The van der Waals surface area contributed by atoms with Gasteiger partial charge in [0.2, 0.25) is 0 Å². The molecule has 1 N–H and O–H groups in total. The molecule has 2 aliphatic heterocycles. The van der Waals surface area contributed by atoms with Gasteiger partial charge in [-0.15, -0.1) is 0 Å². The van der Waals surface area contributed by atoms with Crippen molar-refractivity contribution >= 4 is 34.8 Å². The molecule has 0 atom stereocenters. The van der Waals surface area contributed by atoms with Gasteiger partial charge in [-0.05, 0) is 47.5 Å². The Bertz CT molecular complexity index is 795. The molecule has 3 nitrogen and oxygen atoms in total. The molecule has 1 amide bonds. The summed E-state index contributed by atoms with van der Waals surface area (Å²) in [6.45, 7) is 0.730. The number of hydrogen-bond donors (Lipinski definition) is 1. The topological polar surface area (TPSA) is 38.3 Å². The standard InChI is InChI=1S/C17H12ClNO2/c18-12-2-3-15-13(9-12)14(17(20)19-15)8-10-1-4-16-11(7-10)5-6-21-16/h1-4,7-9H,5-6H2,(H,19,20). The fourth-order valence-electron chi connectivity index (χ4n) is 2.77. The molecule has 0 aliphatic carbocycles. The van der Waals surface area contributed by atoms with E-state index in [0.29, 0.717) is 10.6 Å². The van der Waals surface area contributed by atoms with Crippen LogP contribution in [0.1, 0.15) is 16.7 Å². The summed E-state index contributed by atoms with van der Waals surface area (Å²) in [5.41, 5.74) is 4.49. The number of halogens is 1. The van der Waals surface area contributed by atoms with Crippen LogP contribution in [0.3, 0.4) is 0 Å². The van der Waals surface area contributed by atoms with Gasteiger partial charge in [0.25, 0.3) is 5.91 Å². The third-order valence-corrected chi connectivity index (χ3v) is 4.02. The van der Waals surface area contributed by atoms with Crippen LogP contribution in [-0.4, -0.2) is 12.5 Å². The number of carbonyl (C=O) groups excluding carboxylic acids is 1. The number of carbonyl (C=O) groups is 1. The average molecular weight is 298 g/mol. The SMILES string of the molecule is O=C1Nc2ccc(Cl)cc2C1=Cc1ccc2c(c1)CCO2. The lowest BCUT2D eigenvalue weighted by Crippen LogP contribution is -2.03. The van der Waals surface area contributed by atoms with Crippen LogP contribution in [-0.2, 0) is 11.2 Å². The van der Waals surface area contributed by atoms with E-state index in [-0.39, 0.29) is 5.91 Å². The Morgan fingerprint density at radius 3 is 3.00 bits per heavy atom. The predicted molar refractivity (Wildman–Crippen MR) is 83.6 cm³/mol. The van der Waals surface area contributed by atoms with E-state index in [2.05, 4.69) is 11.4 Å². The van der Waals surface area contributed by atoms with E-state index >= 15 is 0 Å². The summed E-state index contributed by atoms with van der Waals surface area (Å²) in [6.07, 6.45) is 2.82. The Hall–Kier alpha value is -2.26. The number of ether oxygens (including phenoxy) is 1. The van der Waals surface area contributed by atoms with Crippen LogP contribution in [0, 0.1) is 0 Å². The first-order chi connectivity index (χ1) is 10.2. The van der Waals surface area contributed by atoms with Gasteiger partial charge < -0.3 is 10.1 Å². The molecule has 0 aromatic heterocycles. The second kappa shape index (κ2) is 4.64. The van der Waals surface area contributed by atoms with Crippen LogP contribution in [0.15, 0.2) is 36.4 Å². The van der Waals surface area contributed by atoms with Crippen LogP contribution in [0.25, 0.3) is 11.6 Å². The van der Waals surface area contributed by atoms with Crippen molar-refractivity contribution in [2.24, 2.45) is 0 Å². The summed E-state index contributed by atoms with van der Waals surface area (Å²) in [7, 11) is 0. The lowest BCUT2D eigenvalue weighted by molar-refractivity contribution is -0.110. The summed E-state index contributed by atoms with van der Waals surface area (Å²) >= 11 is 6.03. The molecule has 2 aromatic carbocycles. The Balaban J connectivity index is 1.80. The zero-order valence-electron chi connectivity index (χ0n) is 11.2. The summed E-state index contributed by atoms with van der Waals surface area (Å²) in [5.74, 6) is 0.848. The van der Waals surface area contributed by atoms with Gasteiger partial charge in [0.15, 0.2) is 0 Å². The van der Waals surface area contributed by atoms with Crippen LogP contribution < -0.4 is 10.1 Å². The third-order valence-electron chi connectivity index (χ3n) is 3.79. The normalized spacial score (nSPS) is 17.4. The van der Waals surface area contributed by atoms with Gasteiger partial charge in [-0.25, -0.2) is 0 Å². The summed E-state index contributed by atoms with van der Waals surface area (Å²) in [6, 6.07) is 11.4.